The molecule has 1 aromatic rings. The van der Waals surface area contributed by atoms with E-state index in [0.717, 1.165) is 24.3 Å². The molecule has 94 valence electrons. The number of carbonyl (C=O) groups excluding carboxylic acids is 1. The monoisotopic (exact) mass is 251 g/mol. The zero-order chi connectivity index (χ0) is 13.7. The first-order chi connectivity index (χ1) is 8.51. The van der Waals surface area contributed by atoms with Crippen LogP contribution in [0.2, 0.25) is 0 Å². The fourth-order valence-electron chi connectivity index (χ4n) is 1.23. The molecule has 1 aromatic carbocycles. The van der Waals surface area contributed by atoms with Crippen molar-refractivity contribution >= 4 is 17.2 Å². The lowest BCUT2D eigenvalue weighted by Gasteiger charge is -2.01. The topological polar surface area (TPSA) is 137 Å². The third-order valence-corrected chi connectivity index (χ3v) is 2.17. The minimum atomic E-state index is -1.61. The Morgan fingerprint density at radius 1 is 1.44 bits per heavy atom. The quantitative estimate of drug-likeness (QED) is 0.186. The molecule has 0 spiro atoms. The van der Waals surface area contributed by atoms with E-state index in [9.17, 15) is 20.0 Å². The summed E-state index contributed by atoms with van der Waals surface area (Å²) in [5.41, 5.74) is 7.76. The molecule has 0 aliphatic rings. The van der Waals surface area contributed by atoms with Crippen LogP contribution in [0.4, 0.5) is 5.69 Å². The minimum Gasteiger partial charge on any atom is -0.393 e. The van der Waals surface area contributed by atoms with Crippen molar-refractivity contribution in [2.75, 3.05) is 6.61 Å². The van der Waals surface area contributed by atoms with Crippen LogP contribution in [0, 0.1) is 10.1 Å². The highest BCUT2D eigenvalue weighted by atomic mass is 16.6. The number of ketones is 1. The number of hydrogen-bond acceptors (Lipinski definition) is 5. The molecule has 0 saturated carbocycles. The van der Waals surface area contributed by atoms with Gasteiger partial charge in [0.05, 0.1) is 11.5 Å². The lowest BCUT2D eigenvalue weighted by Crippen LogP contribution is -2.32. The number of aliphatic hydroxyl groups excluding tert-OH is 2. The van der Waals surface area contributed by atoms with Gasteiger partial charge in [0.15, 0.2) is 6.10 Å². The van der Waals surface area contributed by atoms with Gasteiger partial charge in [-0.15, -0.1) is 0 Å². The summed E-state index contributed by atoms with van der Waals surface area (Å²) in [5.74, 6) is -0.825. The molecule has 0 aliphatic carbocycles. The summed E-state index contributed by atoms with van der Waals surface area (Å²) in [6, 6.07) is 4.53. The molecule has 0 bridgehead atoms. The lowest BCUT2D eigenvalue weighted by atomic mass is 10.0. The molecular weight excluding hydrogens is 242 g/mol. The number of benzene rings is 1. The Balaban J connectivity index is 3.04. The Kier molecular flexibility index (Phi) is 4.39. The van der Waals surface area contributed by atoms with Gasteiger partial charge in [0.2, 0.25) is 0 Å². The Bertz CT molecular complexity index is 519. The van der Waals surface area contributed by atoms with E-state index >= 15 is 0 Å². The van der Waals surface area contributed by atoms with Gasteiger partial charge in [0.1, 0.15) is 0 Å². The maximum Gasteiger partial charge on any atom is 0.369 e. The molecule has 0 fully saturated rings. The number of carbonyl (C=O) groups is 1. The molecule has 8 heteroatoms. The Labute approximate surface area is 101 Å². The normalized spacial score (nSPS) is 11.4. The van der Waals surface area contributed by atoms with Crippen LogP contribution in [0.5, 0.6) is 0 Å². The number of aliphatic hydroxyl groups is 2. The SMILES string of the molecule is [N-]=[N+]=C(C(=O)c1ccc([N+](=O)[O-])cc1)C(O)CO. The van der Waals surface area contributed by atoms with Crippen LogP contribution in [0.25, 0.3) is 5.53 Å². The van der Waals surface area contributed by atoms with Gasteiger partial charge >= 0.3 is 5.71 Å². The lowest BCUT2D eigenvalue weighted by molar-refractivity contribution is -0.384. The summed E-state index contributed by atoms with van der Waals surface area (Å²) in [5, 5.41) is 28.3. The van der Waals surface area contributed by atoms with Crippen molar-refractivity contribution in [3.05, 3.63) is 45.5 Å². The molecule has 8 nitrogen and oxygen atoms in total. The van der Waals surface area contributed by atoms with E-state index in [1.54, 1.807) is 0 Å². The standard InChI is InChI=1S/C10H9N3O5/c11-12-9(8(15)5-14)10(16)6-1-3-7(4-2-6)13(17)18/h1-4,8,14-15H,5H2. The van der Waals surface area contributed by atoms with Crippen molar-refractivity contribution in [2.24, 2.45) is 0 Å². The fourth-order valence-corrected chi connectivity index (χ4v) is 1.23. The molecule has 0 heterocycles. The molecule has 1 rings (SSSR count). The summed E-state index contributed by atoms with van der Waals surface area (Å²) in [4.78, 5) is 24.1. The average Bonchev–Trinajstić information content (AvgIpc) is 2.39. The maximum absolute atomic E-state index is 11.7. The van der Waals surface area contributed by atoms with Gasteiger partial charge < -0.3 is 15.7 Å². The third kappa shape index (κ3) is 2.83. The van der Waals surface area contributed by atoms with Gasteiger partial charge in [-0.1, -0.05) is 0 Å². The first-order valence-corrected chi connectivity index (χ1v) is 4.81. The highest BCUT2D eigenvalue weighted by Gasteiger charge is 2.30. The van der Waals surface area contributed by atoms with E-state index in [1.807, 2.05) is 0 Å². The number of nitro benzene ring substituents is 1. The van der Waals surface area contributed by atoms with Gasteiger partial charge in [0.25, 0.3) is 11.5 Å². The third-order valence-electron chi connectivity index (χ3n) is 2.17. The van der Waals surface area contributed by atoms with Crippen molar-refractivity contribution in [3.8, 4) is 0 Å². The van der Waals surface area contributed by atoms with Crippen LogP contribution in [0.3, 0.4) is 0 Å². The minimum absolute atomic E-state index is 0.000833. The second kappa shape index (κ2) is 5.78. The van der Waals surface area contributed by atoms with Crippen LogP contribution in [0.1, 0.15) is 10.4 Å². The van der Waals surface area contributed by atoms with E-state index in [4.69, 9.17) is 10.6 Å². The van der Waals surface area contributed by atoms with Crippen molar-refractivity contribution in [1.82, 2.24) is 0 Å². The molecule has 18 heavy (non-hydrogen) atoms. The smallest absolute Gasteiger partial charge is 0.369 e. The van der Waals surface area contributed by atoms with Crippen LogP contribution >= 0.6 is 0 Å². The number of nitrogens with zero attached hydrogens (tertiary/aromatic N) is 3. The zero-order valence-electron chi connectivity index (χ0n) is 9.05. The zero-order valence-corrected chi connectivity index (χ0v) is 9.05. The van der Waals surface area contributed by atoms with Gasteiger partial charge in [-0.3, -0.25) is 14.9 Å². The van der Waals surface area contributed by atoms with Crippen LogP contribution in [0.15, 0.2) is 24.3 Å². The highest BCUT2D eigenvalue weighted by molar-refractivity contribution is 6.45. The van der Waals surface area contributed by atoms with Crippen LogP contribution in [-0.4, -0.2) is 44.1 Å². The van der Waals surface area contributed by atoms with Crippen molar-refractivity contribution in [3.63, 3.8) is 0 Å². The second-order valence-corrected chi connectivity index (χ2v) is 3.32. The van der Waals surface area contributed by atoms with Crippen LogP contribution in [-0.2, 0) is 0 Å². The average molecular weight is 251 g/mol. The number of hydrogen-bond donors (Lipinski definition) is 2. The summed E-state index contributed by atoms with van der Waals surface area (Å²) in [7, 11) is 0. The predicted molar refractivity (Wildman–Crippen MR) is 59.1 cm³/mol. The Morgan fingerprint density at radius 2 is 2.00 bits per heavy atom. The van der Waals surface area contributed by atoms with E-state index < -0.39 is 29.1 Å². The fraction of sp³-hybridized carbons (Fsp3) is 0.200. The van der Waals surface area contributed by atoms with Crippen molar-refractivity contribution in [1.29, 1.82) is 0 Å². The molecule has 0 saturated heterocycles. The van der Waals surface area contributed by atoms with Gasteiger partial charge in [0, 0.05) is 17.7 Å². The first kappa shape index (κ1) is 13.7. The summed E-state index contributed by atoms with van der Waals surface area (Å²) < 4.78 is 0. The van der Waals surface area contributed by atoms with E-state index in [2.05, 4.69) is 4.79 Å². The van der Waals surface area contributed by atoms with Gasteiger partial charge in [-0.25, -0.2) is 0 Å². The maximum atomic E-state index is 11.7. The molecule has 0 amide bonds. The van der Waals surface area contributed by atoms with E-state index in [-0.39, 0.29) is 11.3 Å². The van der Waals surface area contributed by atoms with E-state index in [1.165, 1.54) is 0 Å². The van der Waals surface area contributed by atoms with Crippen LogP contribution < -0.4 is 0 Å². The number of nitro groups is 1. The van der Waals surface area contributed by atoms with Crippen molar-refractivity contribution < 1.29 is 24.7 Å². The predicted octanol–water partition coefficient (Wildman–Crippen LogP) is -0.198. The first-order valence-electron chi connectivity index (χ1n) is 4.81. The molecule has 0 aliphatic heterocycles. The van der Waals surface area contributed by atoms with E-state index in [0.29, 0.717) is 0 Å². The molecule has 2 N–H and O–H groups in total. The molecular formula is C10H9N3O5. The second-order valence-electron chi connectivity index (χ2n) is 3.32. The molecule has 0 radical (unpaired) electrons. The summed E-state index contributed by atoms with van der Waals surface area (Å²) >= 11 is 0. The number of rotatable bonds is 5. The van der Waals surface area contributed by atoms with Crippen molar-refractivity contribution in [2.45, 2.75) is 6.10 Å². The largest absolute Gasteiger partial charge is 0.393 e. The molecule has 1 atom stereocenters. The molecule has 1 unspecified atom stereocenters. The highest BCUT2D eigenvalue weighted by Crippen LogP contribution is 2.12. The number of Topliss-reactive ketones (excluding diaryl/α,β-unsaturated/α-hetero) is 1. The summed E-state index contributed by atoms with van der Waals surface area (Å²) in [6.07, 6.45) is -1.61. The van der Waals surface area contributed by atoms with Gasteiger partial charge in [-0.2, -0.15) is 4.79 Å². The number of non-ortho nitro benzene ring substituents is 1. The summed E-state index contributed by atoms with van der Waals surface area (Å²) in [6.45, 7) is -0.780. The van der Waals surface area contributed by atoms with Gasteiger partial charge in [-0.05, 0) is 12.1 Å². The molecule has 0 aromatic heterocycles. The Hall–Kier alpha value is -2.41. The Morgan fingerprint density at radius 3 is 2.39 bits per heavy atom.